The standard InChI is InChI=1S/C11H14N2OS/c12-5-10-1-2-11(15-10)7-13-6-9-3-4-14-8-9/h1-2,9,13H,3-4,6-8H2. The summed E-state index contributed by atoms with van der Waals surface area (Å²) < 4.78 is 5.30. The molecule has 2 rings (SSSR count). The molecular weight excluding hydrogens is 208 g/mol. The second-order valence-corrected chi connectivity index (χ2v) is 4.91. The summed E-state index contributed by atoms with van der Waals surface area (Å²) in [5, 5.41) is 12.1. The van der Waals surface area contributed by atoms with Crippen LogP contribution >= 0.6 is 11.3 Å². The molecule has 1 fully saturated rings. The molecule has 80 valence electrons. The monoisotopic (exact) mass is 222 g/mol. The fourth-order valence-corrected chi connectivity index (χ4v) is 2.45. The molecule has 4 heteroatoms. The maximum atomic E-state index is 8.67. The highest BCUT2D eigenvalue weighted by Gasteiger charge is 2.14. The zero-order valence-corrected chi connectivity index (χ0v) is 9.35. The van der Waals surface area contributed by atoms with Gasteiger partial charge in [-0.05, 0) is 24.5 Å². The Balaban J connectivity index is 1.71. The Kier molecular flexibility index (Phi) is 3.73. The van der Waals surface area contributed by atoms with E-state index >= 15 is 0 Å². The zero-order chi connectivity index (χ0) is 10.5. The quantitative estimate of drug-likeness (QED) is 0.844. The number of thiophene rings is 1. The molecule has 0 aliphatic carbocycles. The van der Waals surface area contributed by atoms with Gasteiger partial charge in [-0.25, -0.2) is 0 Å². The largest absolute Gasteiger partial charge is 0.381 e. The van der Waals surface area contributed by atoms with Gasteiger partial charge in [0, 0.05) is 24.6 Å². The predicted molar refractivity (Wildman–Crippen MR) is 59.7 cm³/mol. The zero-order valence-electron chi connectivity index (χ0n) is 8.53. The van der Waals surface area contributed by atoms with Crippen molar-refractivity contribution in [2.45, 2.75) is 13.0 Å². The summed E-state index contributed by atoms with van der Waals surface area (Å²) in [5.74, 6) is 0.667. The Bertz CT molecular complexity index is 350. The highest BCUT2D eigenvalue weighted by Crippen LogP contribution is 2.15. The Hall–Kier alpha value is -0.890. The summed E-state index contributed by atoms with van der Waals surface area (Å²) in [4.78, 5) is 2.02. The fourth-order valence-electron chi connectivity index (χ4n) is 1.68. The first-order valence-electron chi connectivity index (χ1n) is 5.16. The van der Waals surface area contributed by atoms with E-state index in [1.165, 1.54) is 11.3 Å². The number of hydrogen-bond acceptors (Lipinski definition) is 4. The molecule has 0 spiro atoms. The molecule has 1 aromatic heterocycles. The third-order valence-electron chi connectivity index (χ3n) is 2.53. The van der Waals surface area contributed by atoms with Gasteiger partial charge in [0.05, 0.1) is 6.61 Å². The molecule has 1 saturated heterocycles. The van der Waals surface area contributed by atoms with E-state index in [1.54, 1.807) is 11.3 Å². The van der Waals surface area contributed by atoms with Crippen LogP contribution in [0.3, 0.4) is 0 Å². The average molecular weight is 222 g/mol. The molecule has 2 heterocycles. The summed E-state index contributed by atoms with van der Waals surface area (Å²) in [6.45, 7) is 3.67. The van der Waals surface area contributed by atoms with Gasteiger partial charge in [0.1, 0.15) is 10.9 Å². The normalized spacial score (nSPS) is 20.3. The topological polar surface area (TPSA) is 45.0 Å². The van der Waals surface area contributed by atoms with Crippen molar-refractivity contribution in [2.24, 2.45) is 5.92 Å². The molecule has 1 aromatic rings. The van der Waals surface area contributed by atoms with E-state index in [1.807, 2.05) is 12.1 Å². The van der Waals surface area contributed by atoms with Gasteiger partial charge >= 0.3 is 0 Å². The van der Waals surface area contributed by atoms with Crippen molar-refractivity contribution in [3.8, 4) is 6.07 Å². The average Bonchev–Trinajstić information content (AvgIpc) is 2.88. The fraction of sp³-hybridized carbons (Fsp3) is 0.545. The molecule has 0 radical (unpaired) electrons. The van der Waals surface area contributed by atoms with Crippen molar-refractivity contribution in [1.82, 2.24) is 5.32 Å². The smallest absolute Gasteiger partial charge is 0.110 e. The summed E-state index contributed by atoms with van der Waals surface area (Å²) >= 11 is 1.56. The second-order valence-electron chi connectivity index (χ2n) is 3.74. The number of ether oxygens (including phenoxy) is 1. The minimum atomic E-state index is 0.667. The SMILES string of the molecule is N#Cc1ccc(CNCC2CCOC2)s1. The van der Waals surface area contributed by atoms with Gasteiger partial charge in [-0.3, -0.25) is 0 Å². The molecule has 0 bridgehead atoms. The first-order chi connectivity index (χ1) is 7.38. The van der Waals surface area contributed by atoms with E-state index < -0.39 is 0 Å². The van der Waals surface area contributed by atoms with Crippen LogP contribution in [0.1, 0.15) is 16.2 Å². The van der Waals surface area contributed by atoms with E-state index in [0.717, 1.165) is 31.2 Å². The lowest BCUT2D eigenvalue weighted by atomic mass is 10.1. The Morgan fingerprint density at radius 2 is 2.53 bits per heavy atom. The number of rotatable bonds is 4. The summed E-state index contributed by atoms with van der Waals surface area (Å²) in [7, 11) is 0. The number of hydrogen-bond donors (Lipinski definition) is 1. The van der Waals surface area contributed by atoms with Crippen LogP contribution < -0.4 is 5.32 Å². The molecule has 0 saturated carbocycles. The summed E-state index contributed by atoms with van der Waals surface area (Å²) in [6, 6.07) is 6.04. The highest BCUT2D eigenvalue weighted by molar-refractivity contribution is 7.12. The summed E-state index contributed by atoms with van der Waals surface area (Å²) in [6.07, 6.45) is 1.17. The van der Waals surface area contributed by atoms with Crippen LogP contribution in [0.2, 0.25) is 0 Å². The van der Waals surface area contributed by atoms with Crippen LogP contribution in [0.15, 0.2) is 12.1 Å². The van der Waals surface area contributed by atoms with Crippen LogP contribution in [0, 0.1) is 17.2 Å². The van der Waals surface area contributed by atoms with Gasteiger partial charge in [0.25, 0.3) is 0 Å². The van der Waals surface area contributed by atoms with Crippen LogP contribution in [-0.4, -0.2) is 19.8 Å². The van der Waals surface area contributed by atoms with E-state index in [4.69, 9.17) is 10.00 Å². The van der Waals surface area contributed by atoms with E-state index in [9.17, 15) is 0 Å². The molecule has 1 aliphatic heterocycles. The maximum Gasteiger partial charge on any atom is 0.110 e. The minimum absolute atomic E-state index is 0.667. The van der Waals surface area contributed by atoms with Gasteiger partial charge in [-0.15, -0.1) is 11.3 Å². The maximum absolute atomic E-state index is 8.67. The van der Waals surface area contributed by atoms with Crippen molar-refractivity contribution in [3.63, 3.8) is 0 Å². The van der Waals surface area contributed by atoms with Gasteiger partial charge in [-0.2, -0.15) is 5.26 Å². The molecule has 0 aromatic carbocycles. The van der Waals surface area contributed by atoms with Crippen molar-refractivity contribution in [1.29, 1.82) is 5.26 Å². The molecular formula is C11H14N2OS. The molecule has 0 amide bonds. The van der Waals surface area contributed by atoms with Gasteiger partial charge < -0.3 is 10.1 Å². The lowest BCUT2D eigenvalue weighted by Gasteiger charge is -2.07. The Morgan fingerprint density at radius 1 is 1.60 bits per heavy atom. The van der Waals surface area contributed by atoms with Gasteiger partial charge in [-0.1, -0.05) is 0 Å². The number of nitriles is 1. The molecule has 1 N–H and O–H groups in total. The van der Waals surface area contributed by atoms with Crippen molar-refractivity contribution < 1.29 is 4.74 Å². The first-order valence-corrected chi connectivity index (χ1v) is 5.97. The number of nitrogens with one attached hydrogen (secondary N) is 1. The molecule has 1 unspecified atom stereocenters. The third-order valence-corrected chi connectivity index (χ3v) is 3.52. The lowest BCUT2D eigenvalue weighted by molar-refractivity contribution is 0.185. The van der Waals surface area contributed by atoms with Crippen molar-refractivity contribution in [2.75, 3.05) is 19.8 Å². The van der Waals surface area contributed by atoms with E-state index in [-0.39, 0.29) is 0 Å². The van der Waals surface area contributed by atoms with Crippen LogP contribution in [0.4, 0.5) is 0 Å². The Morgan fingerprint density at radius 3 is 3.20 bits per heavy atom. The lowest BCUT2D eigenvalue weighted by Crippen LogP contribution is -2.22. The molecule has 15 heavy (non-hydrogen) atoms. The summed E-state index contributed by atoms with van der Waals surface area (Å²) in [5.41, 5.74) is 0. The molecule has 1 aliphatic rings. The van der Waals surface area contributed by atoms with Crippen LogP contribution in [-0.2, 0) is 11.3 Å². The van der Waals surface area contributed by atoms with Gasteiger partial charge in [0.15, 0.2) is 0 Å². The minimum Gasteiger partial charge on any atom is -0.381 e. The van der Waals surface area contributed by atoms with Crippen LogP contribution in [0.5, 0.6) is 0 Å². The highest BCUT2D eigenvalue weighted by atomic mass is 32.1. The van der Waals surface area contributed by atoms with E-state index in [0.29, 0.717) is 5.92 Å². The van der Waals surface area contributed by atoms with Crippen molar-refractivity contribution in [3.05, 3.63) is 21.9 Å². The number of nitrogens with zero attached hydrogens (tertiary/aromatic N) is 1. The predicted octanol–water partition coefficient (Wildman–Crippen LogP) is 1.75. The third kappa shape index (κ3) is 3.03. The molecule has 1 atom stereocenters. The van der Waals surface area contributed by atoms with Crippen molar-refractivity contribution >= 4 is 11.3 Å². The van der Waals surface area contributed by atoms with E-state index in [2.05, 4.69) is 11.4 Å². The molecule has 3 nitrogen and oxygen atoms in total. The first kappa shape index (κ1) is 10.6. The van der Waals surface area contributed by atoms with Crippen LogP contribution in [0.25, 0.3) is 0 Å². The van der Waals surface area contributed by atoms with Gasteiger partial charge in [0.2, 0.25) is 0 Å². The Labute approximate surface area is 93.7 Å². The second kappa shape index (κ2) is 5.26.